The third-order valence-corrected chi connectivity index (χ3v) is 6.75. The molecule has 0 unspecified atom stereocenters. The molecule has 0 aliphatic carbocycles. The summed E-state index contributed by atoms with van der Waals surface area (Å²) in [6, 6.07) is 10.3. The van der Waals surface area contributed by atoms with Crippen LogP contribution in [0.25, 0.3) is 0 Å². The molecule has 1 fully saturated rings. The number of benzene rings is 2. The number of nitrogens with zero attached hydrogens (tertiary/aromatic N) is 3. The van der Waals surface area contributed by atoms with Crippen LogP contribution >= 0.6 is 0 Å². The summed E-state index contributed by atoms with van der Waals surface area (Å²) < 4.78 is 10.8. The first-order valence-electron chi connectivity index (χ1n) is 11.4. The standard InChI is InChI=1S/C26H31N3O5/c1-16-6-8-19(30)15-20(16)24(31)28-12-10-18(11-13-28)29-25(32)26(2,3)23(27-29)17-7-9-21(33-4)22(14-17)34-5/h6-9,14-15,18,30H,10-13H2,1-5H3. The lowest BCUT2D eigenvalue weighted by Gasteiger charge is -2.35. The Labute approximate surface area is 199 Å². The SMILES string of the molecule is COc1ccc(C2=NN(C3CCN(C(=O)c4cc(O)ccc4C)CC3)C(=O)C2(C)C)cc1OC. The molecule has 0 bridgehead atoms. The fourth-order valence-electron chi connectivity index (χ4n) is 4.64. The Morgan fingerprint density at radius 3 is 2.38 bits per heavy atom. The van der Waals surface area contributed by atoms with Gasteiger partial charge in [0.1, 0.15) is 5.75 Å². The van der Waals surface area contributed by atoms with Gasteiger partial charge in [-0.05, 0) is 69.5 Å². The highest BCUT2D eigenvalue weighted by atomic mass is 16.5. The van der Waals surface area contributed by atoms with Gasteiger partial charge in [-0.2, -0.15) is 5.10 Å². The minimum Gasteiger partial charge on any atom is -0.508 e. The summed E-state index contributed by atoms with van der Waals surface area (Å²) in [4.78, 5) is 28.1. The van der Waals surface area contributed by atoms with Gasteiger partial charge in [0.25, 0.3) is 11.8 Å². The van der Waals surface area contributed by atoms with Crippen LogP contribution in [0.5, 0.6) is 17.2 Å². The molecule has 0 radical (unpaired) electrons. The smallest absolute Gasteiger partial charge is 0.254 e. The van der Waals surface area contributed by atoms with Gasteiger partial charge in [0, 0.05) is 24.2 Å². The molecule has 2 aliphatic heterocycles. The molecule has 34 heavy (non-hydrogen) atoms. The molecule has 0 saturated carbocycles. The van der Waals surface area contributed by atoms with Crippen LogP contribution < -0.4 is 9.47 Å². The fraction of sp³-hybridized carbons (Fsp3) is 0.423. The van der Waals surface area contributed by atoms with Crippen LogP contribution in [0.15, 0.2) is 41.5 Å². The topological polar surface area (TPSA) is 91.7 Å². The van der Waals surface area contributed by atoms with Crippen molar-refractivity contribution in [2.45, 2.75) is 39.7 Å². The lowest BCUT2D eigenvalue weighted by atomic mass is 9.83. The van der Waals surface area contributed by atoms with Crippen LogP contribution in [0.1, 0.15) is 48.2 Å². The number of likely N-dealkylation sites (tertiary alicyclic amines) is 1. The van der Waals surface area contributed by atoms with Crippen molar-refractivity contribution >= 4 is 17.5 Å². The van der Waals surface area contributed by atoms with Gasteiger partial charge in [-0.3, -0.25) is 9.59 Å². The molecule has 1 saturated heterocycles. The predicted octanol–water partition coefficient (Wildman–Crippen LogP) is 3.60. The molecule has 2 heterocycles. The van der Waals surface area contributed by atoms with Gasteiger partial charge in [0.2, 0.25) is 0 Å². The Balaban J connectivity index is 1.52. The number of phenolic OH excluding ortho intramolecular Hbond substituents is 1. The van der Waals surface area contributed by atoms with Crippen molar-refractivity contribution < 1.29 is 24.2 Å². The summed E-state index contributed by atoms with van der Waals surface area (Å²) in [6.07, 6.45) is 1.27. The minimum atomic E-state index is -0.786. The average molecular weight is 466 g/mol. The second-order valence-electron chi connectivity index (χ2n) is 9.32. The molecule has 0 aromatic heterocycles. The highest BCUT2D eigenvalue weighted by Crippen LogP contribution is 2.37. The quantitative estimate of drug-likeness (QED) is 0.729. The van der Waals surface area contributed by atoms with Gasteiger partial charge >= 0.3 is 0 Å². The van der Waals surface area contributed by atoms with E-state index in [4.69, 9.17) is 14.6 Å². The molecular formula is C26H31N3O5. The van der Waals surface area contributed by atoms with E-state index in [9.17, 15) is 14.7 Å². The number of rotatable bonds is 5. The predicted molar refractivity (Wildman–Crippen MR) is 128 cm³/mol. The van der Waals surface area contributed by atoms with Crippen molar-refractivity contribution in [2.24, 2.45) is 10.5 Å². The van der Waals surface area contributed by atoms with Gasteiger partial charge in [-0.1, -0.05) is 6.07 Å². The van der Waals surface area contributed by atoms with Gasteiger partial charge < -0.3 is 19.5 Å². The summed E-state index contributed by atoms with van der Waals surface area (Å²) >= 11 is 0. The molecule has 2 amide bonds. The van der Waals surface area contributed by atoms with Crippen LogP contribution in [0.2, 0.25) is 0 Å². The molecule has 2 aromatic rings. The van der Waals surface area contributed by atoms with Crippen LogP contribution in [-0.2, 0) is 4.79 Å². The van der Waals surface area contributed by atoms with E-state index in [2.05, 4.69) is 0 Å². The van der Waals surface area contributed by atoms with Gasteiger partial charge in [-0.15, -0.1) is 0 Å². The normalized spacial score (nSPS) is 18.1. The number of aryl methyl sites for hydroxylation is 1. The number of hydrogen-bond acceptors (Lipinski definition) is 6. The van der Waals surface area contributed by atoms with Crippen molar-refractivity contribution in [1.82, 2.24) is 9.91 Å². The Hall–Kier alpha value is -3.55. The van der Waals surface area contributed by atoms with E-state index in [0.717, 1.165) is 11.1 Å². The zero-order chi connectivity index (χ0) is 24.6. The first-order valence-corrected chi connectivity index (χ1v) is 11.4. The van der Waals surface area contributed by atoms with Crippen molar-refractivity contribution in [3.05, 3.63) is 53.1 Å². The molecule has 2 aromatic carbocycles. The molecule has 0 atom stereocenters. The first kappa shape index (κ1) is 23.6. The van der Waals surface area contributed by atoms with E-state index in [1.165, 1.54) is 6.07 Å². The van der Waals surface area contributed by atoms with Crippen LogP contribution in [-0.4, -0.2) is 65.9 Å². The summed E-state index contributed by atoms with van der Waals surface area (Å²) in [5, 5.41) is 16.2. The fourth-order valence-corrected chi connectivity index (χ4v) is 4.64. The number of hydrogen-bond donors (Lipinski definition) is 1. The number of aromatic hydroxyl groups is 1. The van der Waals surface area contributed by atoms with E-state index >= 15 is 0 Å². The molecule has 4 rings (SSSR count). The summed E-state index contributed by atoms with van der Waals surface area (Å²) in [6.45, 7) is 6.66. The highest BCUT2D eigenvalue weighted by Gasteiger charge is 2.47. The Kier molecular flexibility index (Phi) is 6.25. The second kappa shape index (κ2) is 9.00. The molecule has 8 heteroatoms. The second-order valence-corrected chi connectivity index (χ2v) is 9.32. The molecule has 1 N–H and O–H groups in total. The maximum absolute atomic E-state index is 13.4. The Morgan fingerprint density at radius 1 is 1.06 bits per heavy atom. The van der Waals surface area contributed by atoms with E-state index in [0.29, 0.717) is 48.7 Å². The van der Waals surface area contributed by atoms with Crippen LogP contribution in [0.4, 0.5) is 0 Å². The number of hydrazone groups is 1. The van der Waals surface area contributed by atoms with Crippen molar-refractivity contribution in [2.75, 3.05) is 27.3 Å². The van der Waals surface area contributed by atoms with Gasteiger partial charge in [0.15, 0.2) is 11.5 Å². The number of piperidine rings is 1. The molecule has 2 aliphatic rings. The third kappa shape index (κ3) is 4.08. The molecule has 0 spiro atoms. The first-order chi connectivity index (χ1) is 16.2. The van der Waals surface area contributed by atoms with Crippen LogP contribution in [0.3, 0.4) is 0 Å². The maximum Gasteiger partial charge on any atom is 0.254 e. The van der Waals surface area contributed by atoms with Gasteiger partial charge in [-0.25, -0.2) is 5.01 Å². The molecule has 8 nitrogen and oxygen atoms in total. The monoisotopic (exact) mass is 465 g/mol. The van der Waals surface area contributed by atoms with Crippen molar-refractivity contribution in [1.29, 1.82) is 0 Å². The summed E-state index contributed by atoms with van der Waals surface area (Å²) in [5.74, 6) is 1.12. The number of methoxy groups -OCH3 is 2. The van der Waals surface area contributed by atoms with E-state index in [1.807, 2.05) is 39.0 Å². The molecule has 180 valence electrons. The number of carbonyl (C=O) groups excluding carboxylic acids is 2. The summed E-state index contributed by atoms with van der Waals surface area (Å²) in [7, 11) is 3.16. The largest absolute Gasteiger partial charge is 0.508 e. The number of amides is 2. The number of ether oxygens (including phenoxy) is 2. The van der Waals surface area contributed by atoms with Crippen LogP contribution in [0, 0.1) is 12.3 Å². The highest BCUT2D eigenvalue weighted by molar-refractivity contribution is 6.19. The van der Waals surface area contributed by atoms with E-state index < -0.39 is 5.41 Å². The van der Waals surface area contributed by atoms with Gasteiger partial charge in [0.05, 0.1) is 31.4 Å². The molecular weight excluding hydrogens is 434 g/mol. The van der Waals surface area contributed by atoms with E-state index in [-0.39, 0.29) is 23.6 Å². The lowest BCUT2D eigenvalue weighted by Crippen LogP contribution is -2.47. The number of carbonyl (C=O) groups is 2. The third-order valence-electron chi connectivity index (χ3n) is 6.75. The van der Waals surface area contributed by atoms with E-state index in [1.54, 1.807) is 36.3 Å². The Bertz CT molecular complexity index is 1150. The van der Waals surface area contributed by atoms with Crippen molar-refractivity contribution in [3.63, 3.8) is 0 Å². The zero-order valence-corrected chi connectivity index (χ0v) is 20.3. The van der Waals surface area contributed by atoms with Crippen molar-refractivity contribution in [3.8, 4) is 17.2 Å². The zero-order valence-electron chi connectivity index (χ0n) is 20.3. The lowest BCUT2D eigenvalue weighted by molar-refractivity contribution is -0.137. The maximum atomic E-state index is 13.4. The summed E-state index contributed by atoms with van der Waals surface area (Å²) in [5.41, 5.74) is 2.04. The average Bonchev–Trinajstić information content (AvgIpc) is 3.08. The minimum absolute atomic E-state index is 0.0501. The number of phenols is 1. The Morgan fingerprint density at radius 2 is 1.74 bits per heavy atom.